The van der Waals surface area contributed by atoms with Crippen LogP contribution in [-0.2, 0) is 0 Å². The molecule has 1 aliphatic rings. The molecule has 1 aromatic carbocycles. The third kappa shape index (κ3) is 2.98. The summed E-state index contributed by atoms with van der Waals surface area (Å²) in [6.07, 6.45) is 5.10. The van der Waals surface area contributed by atoms with Crippen LogP contribution in [0.3, 0.4) is 0 Å². The number of benzene rings is 1. The maximum absolute atomic E-state index is 5.47. The fourth-order valence-corrected chi connectivity index (χ4v) is 3.59. The number of piperidine rings is 1. The van der Waals surface area contributed by atoms with Crippen molar-refractivity contribution in [1.82, 2.24) is 15.5 Å². The minimum atomic E-state index is 0.462. The summed E-state index contributed by atoms with van der Waals surface area (Å²) < 4.78 is 10.9. The zero-order valence-corrected chi connectivity index (χ0v) is 14.9. The van der Waals surface area contributed by atoms with Crippen LogP contribution < -0.4 is 19.7 Å². The number of rotatable bonds is 5. The Bertz CT molecular complexity index is 707. The maximum Gasteiger partial charge on any atom is 0.161 e. The highest BCUT2D eigenvalue weighted by Gasteiger charge is 2.29. The van der Waals surface area contributed by atoms with E-state index in [-0.39, 0.29) is 0 Å². The molecule has 3 rings (SSSR count). The minimum absolute atomic E-state index is 0.462. The first-order chi connectivity index (χ1) is 11.7. The molecule has 1 aromatic heterocycles. The molecule has 0 amide bonds. The van der Waals surface area contributed by atoms with Gasteiger partial charge < -0.3 is 19.7 Å². The molecule has 0 saturated carbocycles. The van der Waals surface area contributed by atoms with E-state index in [2.05, 4.69) is 27.3 Å². The quantitative estimate of drug-likeness (QED) is 0.909. The Balaban J connectivity index is 2.05. The average molecular weight is 330 g/mol. The van der Waals surface area contributed by atoms with Crippen molar-refractivity contribution in [3.63, 3.8) is 0 Å². The fourth-order valence-electron chi connectivity index (χ4n) is 3.59. The van der Waals surface area contributed by atoms with E-state index in [0.29, 0.717) is 17.8 Å². The second-order valence-corrected chi connectivity index (χ2v) is 6.23. The lowest BCUT2D eigenvalue weighted by Crippen LogP contribution is -2.48. The number of anilines is 1. The predicted octanol–water partition coefficient (Wildman–Crippen LogP) is 2.61. The lowest BCUT2D eigenvalue weighted by atomic mass is 9.95. The van der Waals surface area contributed by atoms with Crippen LogP contribution in [0.2, 0.25) is 0 Å². The molecule has 1 fully saturated rings. The molecule has 1 saturated heterocycles. The molecule has 2 unspecified atom stereocenters. The van der Waals surface area contributed by atoms with E-state index in [1.54, 1.807) is 20.4 Å². The van der Waals surface area contributed by atoms with E-state index in [4.69, 9.17) is 9.47 Å². The number of aromatic nitrogens is 2. The van der Waals surface area contributed by atoms with Gasteiger partial charge in [-0.15, -0.1) is 5.10 Å². The monoisotopic (exact) mass is 330 g/mol. The third-order valence-electron chi connectivity index (χ3n) is 5.01. The topological polar surface area (TPSA) is 59.5 Å². The molecule has 0 aliphatic carbocycles. The van der Waals surface area contributed by atoms with Crippen LogP contribution in [-0.4, -0.2) is 50.1 Å². The highest BCUT2D eigenvalue weighted by atomic mass is 16.5. The summed E-state index contributed by atoms with van der Waals surface area (Å²) in [6, 6.07) is 5.01. The Morgan fingerprint density at radius 3 is 2.67 bits per heavy atom. The third-order valence-corrected chi connectivity index (χ3v) is 5.01. The SMILES string of the molecule is CCC1CC(NC)CCN1c1nncc2cc(OC)c(OC)cc12. The molecular formula is C18H26N4O2. The van der Waals surface area contributed by atoms with Crippen molar-refractivity contribution in [3.8, 4) is 11.5 Å². The van der Waals surface area contributed by atoms with Crippen LogP contribution in [0, 0.1) is 0 Å². The number of hydrogen-bond donors (Lipinski definition) is 1. The first-order valence-electron chi connectivity index (χ1n) is 8.53. The normalized spacial score (nSPS) is 21.1. The molecule has 6 heteroatoms. The zero-order valence-electron chi connectivity index (χ0n) is 14.9. The second kappa shape index (κ2) is 7.21. The smallest absolute Gasteiger partial charge is 0.161 e. The molecule has 2 atom stereocenters. The molecule has 24 heavy (non-hydrogen) atoms. The molecule has 0 bridgehead atoms. The number of nitrogens with zero attached hydrogens (tertiary/aromatic N) is 3. The van der Waals surface area contributed by atoms with Gasteiger partial charge in [-0.1, -0.05) is 6.92 Å². The van der Waals surface area contributed by atoms with Gasteiger partial charge in [0.05, 0.1) is 20.4 Å². The van der Waals surface area contributed by atoms with Gasteiger partial charge >= 0.3 is 0 Å². The Kier molecular flexibility index (Phi) is 5.04. The number of fused-ring (bicyclic) bond motifs is 1. The first kappa shape index (κ1) is 16.8. The summed E-state index contributed by atoms with van der Waals surface area (Å²) in [5, 5.41) is 14.2. The number of methoxy groups -OCH3 is 2. The molecule has 1 aliphatic heterocycles. The van der Waals surface area contributed by atoms with Crippen LogP contribution >= 0.6 is 0 Å². The van der Waals surface area contributed by atoms with Crippen LogP contribution in [0.1, 0.15) is 26.2 Å². The standard InChI is InChI=1S/C18H26N4O2/c1-5-14-9-13(19-2)6-7-22(14)18-15-10-17(24-4)16(23-3)8-12(15)11-20-21-18/h8,10-11,13-14,19H,5-7,9H2,1-4H3. The Morgan fingerprint density at radius 1 is 1.25 bits per heavy atom. The van der Waals surface area contributed by atoms with Gasteiger partial charge in [0.1, 0.15) is 0 Å². The molecule has 1 N–H and O–H groups in total. The van der Waals surface area contributed by atoms with Gasteiger partial charge in [0.2, 0.25) is 0 Å². The Labute approximate surface area is 143 Å². The molecule has 2 heterocycles. The molecule has 6 nitrogen and oxygen atoms in total. The van der Waals surface area contributed by atoms with Gasteiger partial charge in [-0.25, -0.2) is 0 Å². The van der Waals surface area contributed by atoms with Crippen molar-refractivity contribution in [2.24, 2.45) is 0 Å². The lowest BCUT2D eigenvalue weighted by Gasteiger charge is -2.40. The fraction of sp³-hybridized carbons (Fsp3) is 0.556. The summed E-state index contributed by atoms with van der Waals surface area (Å²) in [7, 11) is 5.35. The summed E-state index contributed by atoms with van der Waals surface area (Å²) >= 11 is 0. The van der Waals surface area contributed by atoms with Gasteiger partial charge in [0.25, 0.3) is 0 Å². The van der Waals surface area contributed by atoms with Crippen molar-refractivity contribution in [3.05, 3.63) is 18.3 Å². The number of ether oxygens (including phenoxy) is 2. The van der Waals surface area contributed by atoms with Gasteiger partial charge in [-0.05, 0) is 38.4 Å². The maximum atomic E-state index is 5.47. The van der Waals surface area contributed by atoms with Crippen LogP contribution in [0.25, 0.3) is 10.8 Å². The number of hydrogen-bond acceptors (Lipinski definition) is 6. The van der Waals surface area contributed by atoms with Gasteiger partial charge in [0.15, 0.2) is 17.3 Å². The van der Waals surface area contributed by atoms with Crippen molar-refractivity contribution >= 4 is 16.6 Å². The van der Waals surface area contributed by atoms with Crippen LogP contribution in [0.4, 0.5) is 5.82 Å². The average Bonchev–Trinajstić information content (AvgIpc) is 2.65. The Hall–Kier alpha value is -2.08. The van der Waals surface area contributed by atoms with Crippen molar-refractivity contribution in [2.75, 3.05) is 32.7 Å². The van der Waals surface area contributed by atoms with Crippen molar-refractivity contribution < 1.29 is 9.47 Å². The van der Waals surface area contributed by atoms with E-state index in [9.17, 15) is 0 Å². The summed E-state index contributed by atoms with van der Waals surface area (Å²) in [5.41, 5.74) is 0. The van der Waals surface area contributed by atoms with Gasteiger partial charge in [-0.2, -0.15) is 5.10 Å². The molecule has 130 valence electrons. The largest absolute Gasteiger partial charge is 0.493 e. The zero-order chi connectivity index (χ0) is 17.1. The van der Waals surface area contributed by atoms with E-state index in [0.717, 1.165) is 48.1 Å². The van der Waals surface area contributed by atoms with E-state index < -0.39 is 0 Å². The van der Waals surface area contributed by atoms with E-state index in [1.807, 2.05) is 19.2 Å². The first-order valence-corrected chi connectivity index (χ1v) is 8.53. The van der Waals surface area contributed by atoms with E-state index >= 15 is 0 Å². The molecular weight excluding hydrogens is 304 g/mol. The Morgan fingerprint density at radius 2 is 2.00 bits per heavy atom. The van der Waals surface area contributed by atoms with Gasteiger partial charge in [-0.3, -0.25) is 0 Å². The summed E-state index contributed by atoms with van der Waals surface area (Å²) in [6.45, 7) is 3.21. The summed E-state index contributed by atoms with van der Waals surface area (Å²) in [5.74, 6) is 2.37. The molecule has 0 spiro atoms. The predicted molar refractivity (Wildman–Crippen MR) is 96.1 cm³/mol. The highest BCUT2D eigenvalue weighted by Crippen LogP contribution is 2.37. The number of nitrogens with one attached hydrogen (secondary N) is 1. The van der Waals surface area contributed by atoms with Gasteiger partial charge in [0, 0.05) is 29.4 Å². The van der Waals surface area contributed by atoms with Crippen LogP contribution in [0.5, 0.6) is 11.5 Å². The van der Waals surface area contributed by atoms with Crippen molar-refractivity contribution in [2.45, 2.75) is 38.3 Å². The lowest BCUT2D eigenvalue weighted by molar-refractivity contribution is 0.355. The second-order valence-electron chi connectivity index (χ2n) is 6.23. The van der Waals surface area contributed by atoms with E-state index in [1.165, 1.54) is 0 Å². The highest BCUT2D eigenvalue weighted by molar-refractivity contribution is 5.94. The van der Waals surface area contributed by atoms with Crippen LogP contribution in [0.15, 0.2) is 18.3 Å². The van der Waals surface area contributed by atoms with Crippen molar-refractivity contribution in [1.29, 1.82) is 0 Å². The minimum Gasteiger partial charge on any atom is -0.493 e. The summed E-state index contributed by atoms with van der Waals surface area (Å²) in [4.78, 5) is 2.40. The molecule has 0 radical (unpaired) electrons. The molecule has 2 aromatic rings.